The molecular weight excluding hydrogens is 438 g/mol. The zero-order chi connectivity index (χ0) is 20.4. The molecule has 0 saturated carbocycles. The highest BCUT2D eigenvalue weighted by Gasteiger charge is 2.28. The minimum Gasteiger partial charge on any atom is -0.360 e. The molecule has 0 unspecified atom stereocenters. The van der Waals surface area contributed by atoms with Gasteiger partial charge in [-0.05, 0) is 60.0 Å². The number of anilines is 1. The van der Waals surface area contributed by atoms with Crippen LogP contribution in [0.3, 0.4) is 0 Å². The predicted octanol–water partition coefficient (Wildman–Crippen LogP) is 3.42. The number of nitrogens with one attached hydrogen (secondary N) is 1. The van der Waals surface area contributed by atoms with E-state index in [1.807, 2.05) is 18.3 Å². The van der Waals surface area contributed by atoms with Gasteiger partial charge in [0, 0.05) is 36.8 Å². The molecule has 9 heteroatoms. The molecule has 3 heterocycles. The molecule has 1 fully saturated rings. The molecule has 2 aromatic heterocycles. The van der Waals surface area contributed by atoms with Gasteiger partial charge in [0.25, 0.3) is 5.91 Å². The molecular formula is C20H20BrN5O3. The molecule has 0 bridgehead atoms. The second kappa shape index (κ2) is 8.20. The average molecular weight is 458 g/mol. The van der Waals surface area contributed by atoms with Crippen LogP contribution in [-0.4, -0.2) is 44.7 Å². The molecule has 0 spiro atoms. The van der Waals surface area contributed by atoms with E-state index in [4.69, 9.17) is 4.52 Å². The summed E-state index contributed by atoms with van der Waals surface area (Å²) in [6, 6.07) is 9.03. The Kier molecular flexibility index (Phi) is 5.48. The third-order valence-electron chi connectivity index (χ3n) is 4.96. The fourth-order valence-electron chi connectivity index (χ4n) is 3.38. The summed E-state index contributed by atoms with van der Waals surface area (Å²) in [6.07, 6.45) is 4.80. The number of hydrogen-bond acceptors (Lipinski definition) is 5. The molecule has 3 aromatic rings. The first-order valence-corrected chi connectivity index (χ1v) is 10.1. The van der Waals surface area contributed by atoms with Gasteiger partial charge >= 0.3 is 0 Å². The van der Waals surface area contributed by atoms with Crippen molar-refractivity contribution in [3.63, 3.8) is 0 Å². The van der Waals surface area contributed by atoms with E-state index < -0.39 is 0 Å². The van der Waals surface area contributed by atoms with Crippen LogP contribution in [0.2, 0.25) is 0 Å². The molecule has 1 saturated heterocycles. The van der Waals surface area contributed by atoms with Crippen LogP contribution in [0, 0.1) is 12.8 Å². The van der Waals surface area contributed by atoms with Crippen LogP contribution in [0.4, 0.5) is 5.82 Å². The maximum atomic E-state index is 12.8. The smallest absolute Gasteiger partial charge is 0.253 e. The minimum atomic E-state index is -0.142. The number of rotatable bonds is 4. The molecule has 1 aromatic carbocycles. The maximum absolute atomic E-state index is 12.8. The van der Waals surface area contributed by atoms with Crippen LogP contribution in [0.1, 0.15) is 29.0 Å². The van der Waals surface area contributed by atoms with E-state index in [-0.39, 0.29) is 17.7 Å². The molecule has 29 heavy (non-hydrogen) atoms. The number of halogens is 1. The quantitative estimate of drug-likeness (QED) is 0.647. The summed E-state index contributed by atoms with van der Waals surface area (Å²) >= 11 is 3.37. The van der Waals surface area contributed by atoms with Crippen LogP contribution in [-0.2, 0) is 4.79 Å². The molecule has 1 N–H and O–H groups in total. The lowest BCUT2D eigenvalue weighted by Gasteiger charge is -2.31. The highest BCUT2D eigenvalue weighted by molar-refractivity contribution is 9.10. The molecule has 8 nitrogen and oxygen atoms in total. The fraction of sp³-hybridized carbons (Fsp3) is 0.300. The average Bonchev–Trinajstić information content (AvgIpc) is 3.35. The van der Waals surface area contributed by atoms with Crippen LogP contribution < -0.4 is 5.32 Å². The highest BCUT2D eigenvalue weighted by atomic mass is 79.9. The van der Waals surface area contributed by atoms with E-state index >= 15 is 0 Å². The molecule has 2 amide bonds. The zero-order valence-corrected chi connectivity index (χ0v) is 17.4. The van der Waals surface area contributed by atoms with E-state index in [9.17, 15) is 9.59 Å². The fourth-order valence-corrected chi connectivity index (χ4v) is 3.67. The Hall–Kier alpha value is -2.94. The second-order valence-corrected chi connectivity index (χ2v) is 7.94. The van der Waals surface area contributed by atoms with Crippen LogP contribution in [0.25, 0.3) is 5.69 Å². The SMILES string of the molecule is Cc1cc(NC(=O)C2CCN(C(=O)c3ccc(-n4cc(Br)cn4)cc3)CC2)no1. The topological polar surface area (TPSA) is 93.3 Å². The van der Waals surface area contributed by atoms with E-state index in [1.54, 1.807) is 40.9 Å². The van der Waals surface area contributed by atoms with Crippen molar-refractivity contribution in [2.24, 2.45) is 5.92 Å². The number of amides is 2. The third-order valence-corrected chi connectivity index (χ3v) is 5.37. The summed E-state index contributed by atoms with van der Waals surface area (Å²) in [7, 11) is 0. The van der Waals surface area contributed by atoms with Crippen molar-refractivity contribution in [1.82, 2.24) is 19.8 Å². The van der Waals surface area contributed by atoms with Gasteiger partial charge < -0.3 is 14.7 Å². The second-order valence-electron chi connectivity index (χ2n) is 7.03. The molecule has 150 valence electrons. The van der Waals surface area contributed by atoms with Crippen molar-refractivity contribution in [3.05, 3.63) is 58.5 Å². The number of carbonyl (C=O) groups excluding carboxylic acids is 2. The Labute approximate surface area is 176 Å². The summed E-state index contributed by atoms with van der Waals surface area (Å²) in [5.41, 5.74) is 1.51. The summed E-state index contributed by atoms with van der Waals surface area (Å²) in [5, 5.41) is 10.8. The van der Waals surface area contributed by atoms with Gasteiger partial charge in [0.15, 0.2) is 5.82 Å². The minimum absolute atomic E-state index is 0.0239. The normalized spacial score (nSPS) is 14.8. The van der Waals surface area contributed by atoms with Gasteiger partial charge in [0.05, 0.1) is 16.4 Å². The number of likely N-dealkylation sites (tertiary alicyclic amines) is 1. The number of carbonyl (C=O) groups is 2. The lowest BCUT2D eigenvalue weighted by Crippen LogP contribution is -2.41. The number of benzene rings is 1. The van der Waals surface area contributed by atoms with Gasteiger partial charge in [-0.1, -0.05) is 5.16 Å². The standard InChI is InChI=1S/C20H20BrN5O3/c1-13-10-18(24-29-13)23-19(27)14-6-8-25(9-7-14)20(28)15-2-4-17(5-3-15)26-12-16(21)11-22-26/h2-5,10-12,14H,6-9H2,1H3,(H,23,24,27). The van der Waals surface area contributed by atoms with Gasteiger partial charge in [0.1, 0.15) is 5.76 Å². The van der Waals surface area contributed by atoms with Crippen molar-refractivity contribution >= 4 is 33.6 Å². The van der Waals surface area contributed by atoms with Crippen LogP contribution >= 0.6 is 15.9 Å². The van der Waals surface area contributed by atoms with Gasteiger partial charge in [-0.3, -0.25) is 9.59 Å². The Morgan fingerprint density at radius 2 is 1.93 bits per heavy atom. The summed E-state index contributed by atoms with van der Waals surface area (Å²) < 4.78 is 7.59. The number of aromatic nitrogens is 3. The number of hydrogen-bond donors (Lipinski definition) is 1. The van der Waals surface area contributed by atoms with E-state index in [0.717, 1.165) is 10.2 Å². The predicted molar refractivity (Wildman–Crippen MR) is 110 cm³/mol. The lowest BCUT2D eigenvalue weighted by atomic mass is 9.95. The Bertz CT molecular complexity index is 1020. The molecule has 1 aliphatic heterocycles. The maximum Gasteiger partial charge on any atom is 0.253 e. The van der Waals surface area contributed by atoms with Gasteiger partial charge in [-0.2, -0.15) is 5.10 Å². The number of piperidine rings is 1. The molecule has 1 aliphatic rings. The largest absolute Gasteiger partial charge is 0.360 e. The van der Waals surface area contributed by atoms with E-state index in [1.165, 1.54) is 0 Å². The van der Waals surface area contributed by atoms with Crippen molar-refractivity contribution in [3.8, 4) is 5.69 Å². The first-order valence-electron chi connectivity index (χ1n) is 9.33. The van der Waals surface area contributed by atoms with Gasteiger partial charge in [0.2, 0.25) is 5.91 Å². The Morgan fingerprint density at radius 1 is 1.21 bits per heavy atom. The molecule has 0 atom stereocenters. The number of nitrogens with zero attached hydrogens (tertiary/aromatic N) is 4. The Balaban J connectivity index is 1.33. The van der Waals surface area contributed by atoms with Gasteiger partial charge in [-0.25, -0.2) is 4.68 Å². The summed E-state index contributed by atoms with van der Waals surface area (Å²) in [6.45, 7) is 2.86. The zero-order valence-electron chi connectivity index (χ0n) is 15.8. The monoisotopic (exact) mass is 457 g/mol. The number of aryl methyl sites for hydroxylation is 1. The van der Waals surface area contributed by atoms with Crippen molar-refractivity contribution in [1.29, 1.82) is 0 Å². The van der Waals surface area contributed by atoms with Crippen LogP contribution in [0.5, 0.6) is 0 Å². The lowest BCUT2D eigenvalue weighted by molar-refractivity contribution is -0.121. The first kappa shape index (κ1) is 19.4. The molecule has 0 aliphatic carbocycles. The van der Waals surface area contributed by atoms with Gasteiger partial charge in [-0.15, -0.1) is 0 Å². The molecule has 4 rings (SSSR count). The third kappa shape index (κ3) is 4.40. The summed E-state index contributed by atoms with van der Waals surface area (Å²) in [5.74, 6) is 0.822. The molecule has 0 radical (unpaired) electrons. The van der Waals surface area contributed by atoms with Crippen molar-refractivity contribution in [2.45, 2.75) is 19.8 Å². The Morgan fingerprint density at radius 3 is 2.52 bits per heavy atom. The van der Waals surface area contributed by atoms with E-state index in [0.29, 0.717) is 43.1 Å². The first-order chi connectivity index (χ1) is 14.0. The summed E-state index contributed by atoms with van der Waals surface area (Å²) in [4.78, 5) is 27.0. The van der Waals surface area contributed by atoms with Crippen molar-refractivity contribution in [2.75, 3.05) is 18.4 Å². The highest BCUT2D eigenvalue weighted by Crippen LogP contribution is 2.22. The van der Waals surface area contributed by atoms with Crippen LogP contribution in [0.15, 0.2) is 51.7 Å². The van der Waals surface area contributed by atoms with Crippen molar-refractivity contribution < 1.29 is 14.1 Å². The van der Waals surface area contributed by atoms with E-state index in [2.05, 4.69) is 31.5 Å².